The smallest absolute Gasteiger partial charge is 0.270 e. The van der Waals surface area contributed by atoms with E-state index in [4.69, 9.17) is 4.98 Å². The van der Waals surface area contributed by atoms with E-state index in [0.717, 1.165) is 36.4 Å². The Morgan fingerprint density at radius 3 is 2.36 bits per heavy atom. The van der Waals surface area contributed by atoms with E-state index in [0.29, 0.717) is 56.7 Å². The lowest BCUT2D eigenvalue weighted by Crippen LogP contribution is -2.40. The van der Waals surface area contributed by atoms with Gasteiger partial charge in [-0.05, 0) is 78.5 Å². The van der Waals surface area contributed by atoms with Gasteiger partial charge in [-0.2, -0.15) is 0 Å². The molecule has 2 N–H and O–H groups in total. The number of carbonyl (C=O) groups excluding carboxylic acids is 2. The number of aromatic nitrogens is 3. The summed E-state index contributed by atoms with van der Waals surface area (Å²) in [6, 6.07) is 37.8. The van der Waals surface area contributed by atoms with Gasteiger partial charge in [0, 0.05) is 60.4 Å². The lowest BCUT2D eigenvalue weighted by Gasteiger charge is -2.27. The second kappa shape index (κ2) is 16.2. The van der Waals surface area contributed by atoms with Crippen molar-refractivity contribution in [3.05, 3.63) is 198 Å². The standard InChI is InChI=1S/C25H18BrN3O.C21H15N3O4.CH4/c1-16-20(21-13-18(26)11-12-23(21)27-16)14-24-28-22-10-6-5-9-19(22)25(30)29(24)15-17-7-3-2-4-8-17;1-12(2)22-14-6-4-7-15(10-14)23-20(25)17-8-3-5-13-9-16(24(27)28)11-18(19(13)17)21(23)26;/h2-14,27H,1,15H2;3-11,22H,1H2,2H3;1H4/b20-14-;;. The molecule has 0 saturated heterocycles. The Balaban J connectivity index is 0.000000177. The molecule has 8 aromatic rings. The largest absolute Gasteiger partial charge is 0.360 e. The van der Waals surface area contributed by atoms with Gasteiger partial charge in [-0.3, -0.25) is 29.1 Å². The predicted octanol–water partition coefficient (Wildman–Crippen LogP) is 9.06. The number of amides is 2. The lowest BCUT2D eigenvalue weighted by molar-refractivity contribution is -0.384. The maximum atomic E-state index is 13.4. The number of nitrogens with one attached hydrogen (secondary N) is 2. The van der Waals surface area contributed by atoms with Crippen LogP contribution >= 0.6 is 15.9 Å². The number of halogens is 1. The summed E-state index contributed by atoms with van der Waals surface area (Å²) in [7, 11) is 0. The van der Waals surface area contributed by atoms with Gasteiger partial charge >= 0.3 is 0 Å². The highest BCUT2D eigenvalue weighted by Gasteiger charge is 2.35. The summed E-state index contributed by atoms with van der Waals surface area (Å²) in [4.78, 5) is 59.6. The van der Waals surface area contributed by atoms with Gasteiger partial charge in [-0.1, -0.05) is 97.2 Å². The van der Waals surface area contributed by atoms with Crippen molar-refractivity contribution in [2.45, 2.75) is 20.9 Å². The number of aromatic amines is 1. The van der Waals surface area contributed by atoms with Crippen LogP contribution in [0.25, 0.3) is 45.2 Å². The van der Waals surface area contributed by atoms with Crippen molar-refractivity contribution in [2.24, 2.45) is 0 Å². The number of H-pyrrole nitrogens is 1. The average Bonchev–Trinajstić information content (AvgIpc) is 3.51. The number of nitro benzene ring substituents is 1. The van der Waals surface area contributed by atoms with E-state index in [9.17, 15) is 24.5 Å². The zero-order valence-corrected chi connectivity index (χ0v) is 32.6. The number of allylic oxidation sites excluding steroid dienone is 1. The van der Waals surface area contributed by atoms with Gasteiger partial charge in [0.1, 0.15) is 5.82 Å². The number of hydrogen-bond acceptors (Lipinski definition) is 7. The first-order chi connectivity index (χ1) is 28.0. The Labute approximate surface area is 346 Å². The van der Waals surface area contributed by atoms with Crippen molar-refractivity contribution in [3.8, 4) is 0 Å². The molecule has 0 aliphatic carbocycles. The first-order valence-electron chi connectivity index (χ1n) is 18.1. The molecule has 292 valence electrons. The molecule has 0 fully saturated rings. The summed E-state index contributed by atoms with van der Waals surface area (Å²) >= 11 is 3.55. The number of nitrogens with zero attached hydrogens (tertiary/aromatic N) is 4. The van der Waals surface area contributed by atoms with Gasteiger partial charge in [-0.25, -0.2) is 9.88 Å². The van der Waals surface area contributed by atoms with Crippen molar-refractivity contribution in [2.75, 3.05) is 10.2 Å². The molecule has 12 heteroatoms. The molecule has 59 heavy (non-hydrogen) atoms. The third-order valence-corrected chi connectivity index (χ3v) is 10.2. The predicted molar refractivity (Wildman–Crippen MR) is 239 cm³/mol. The molecule has 0 spiro atoms. The molecule has 6 aromatic carbocycles. The van der Waals surface area contributed by atoms with Gasteiger partial charge in [0.05, 0.1) is 33.6 Å². The van der Waals surface area contributed by atoms with Gasteiger partial charge in [0.15, 0.2) is 0 Å². The SMILES string of the molecule is C.C=C(C)Nc1cccc(N2C(=O)c3cccc4cc([N+](=O)[O-])cc(c34)C2=O)c1.C=c1[nH]c2ccc(Br)cc2/c1=C\c1nc2ccccc2c(=O)n1Cc1ccccc1. The van der Waals surface area contributed by atoms with E-state index in [-0.39, 0.29) is 24.2 Å². The topological polar surface area (TPSA) is 143 Å². The number of nitro groups is 1. The normalized spacial score (nSPS) is 12.3. The monoisotopic (exact) mass is 844 g/mol. The summed E-state index contributed by atoms with van der Waals surface area (Å²) in [5.74, 6) is -0.456. The minimum Gasteiger partial charge on any atom is -0.360 e. The number of hydrogen-bond donors (Lipinski definition) is 2. The molecule has 0 unspecified atom stereocenters. The number of rotatable bonds is 7. The molecule has 0 radical (unpaired) electrons. The van der Waals surface area contributed by atoms with Crippen LogP contribution in [0, 0.1) is 10.1 Å². The maximum absolute atomic E-state index is 13.4. The highest BCUT2D eigenvalue weighted by atomic mass is 79.9. The first-order valence-corrected chi connectivity index (χ1v) is 18.9. The van der Waals surface area contributed by atoms with Crippen LogP contribution in [0.15, 0.2) is 149 Å². The summed E-state index contributed by atoms with van der Waals surface area (Å²) < 4.78 is 2.71. The Morgan fingerprint density at radius 2 is 1.59 bits per heavy atom. The number of carbonyl (C=O) groups is 2. The Bertz CT molecular complexity index is 3190. The molecule has 1 aliphatic rings. The average molecular weight is 846 g/mol. The van der Waals surface area contributed by atoms with E-state index in [1.165, 1.54) is 12.1 Å². The molecular weight excluding hydrogens is 808 g/mol. The van der Waals surface area contributed by atoms with Gasteiger partial charge < -0.3 is 10.3 Å². The van der Waals surface area contributed by atoms with E-state index < -0.39 is 16.7 Å². The van der Waals surface area contributed by atoms with Gasteiger partial charge in [0.25, 0.3) is 23.1 Å². The number of fused-ring (bicyclic) bond motifs is 2. The zero-order valence-electron chi connectivity index (χ0n) is 31.0. The molecule has 3 heterocycles. The van der Waals surface area contributed by atoms with Crippen LogP contribution in [0.2, 0.25) is 0 Å². The van der Waals surface area contributed by atoms with Crippen molar-refractivity contribution in [1.29, 1.82) is 0 Å². The first kappa shape index (κ1) is 39.8. The van der Waals surface area contributed by atoms with Crippen molar-refractivity contribution < 1.29 is 14.5 Å². The van der Waals surface area contributed by atoms with E-state index in [1.54, 1.807) is 54.0 Å². The minimum atomic E-state index is -0.593. The van der Waals surface area contributed by atoms with Crippen molar-refractivity contribution in [3.63, 3.8) is 0 Å². The number of anilines is 2. The third kappa shape index (κ3) is 7.68. The summed E-state index contributed by atoms with van der Waals surface area (Å²) in [6.07, 6.45) is 1.95. The van der Waals surface area contributed by atoms with Gasteiger partial charge in [-0.15, -0.1) is 0 Å². The molecule has 2 aromatic heterocycles. The fourth-order valence-corrected chi connectivity index (χ4v) is 7.51. The van der Waals surface area contributed by atoms with E-state index in [1.807, 2.05) is 78.9 Å². The number of imide groups is 1. The highest BCUT2D eigenvalue weighted by molar-refractivity contribution is 9.10. The van der Waals surface area contributed by atoms with Crippen LogP contribution in [-0.4, -0.2) is 31.3 Å². The Kier molecular flexibility index (Phi) is 10.9. The molecule has 0 saturated carbocycles. The van der Waals surface area contributed by atoms with Crippen LogP contribution in [0.5, 0.6) is 0 Å². The van der Waals surface area contributed by atoms with Crippen LogP contribution in [0.4, 0.5) is 17.1 Å². The molecule has 2 amide bonds. The Morgan fingerprint density at radius 1 is 0.864 bits per heavy atom. The van der Waals surface area contributed by atoms with Crippen LogP contribution in [-0.2, 0) is 6.54 Å². The number of para-hydroxylation sites is 1. The quantitative estimate of drug-likeness (QED) is 0.0926. The second-order valence-electron chi connectivity index (χ2n) is 13.8. The molecule has 1 aliphatic heterocycles. The molecular formula is C47H37BrN6O5. The minimum absolute atomic E-state index is 0. The van der Waals surface area contributed by atoms with Crippen LogP contribution < -0.4 is 26.3 Å². The number of benzene rings is 6. The Hall–Kier alpha value is -7.44. The molecule has 0 bridgehead atoms. The second-order valence-corrected chi connectivity index (χ2v) is 14.7. The third-order valence-electron chi connectivity index (χ3n) is 9.73. The highest BCUT2D eigenvalue weighted by Crippen LogP contribution is 2.36. The molecule has 11 nitrogen and oxygen atoms in total. The van der Waals surface area contributed by atoms with E-state index >= 15 is 0 Å². The zero-order chi connectivity index (χ0) is 40.7. The van der Waals surface area contributed by atoms with E-state index in [2.05, 4.69) is 39.4 Å². The fraction of sp³-hybridized carbons (Fsp3) is 0.0638. The summed E-state index contributed by atoms with van der Waals surface area (Å²) in [5.41, 5.74) is 4.70. The number of non-ortho nitro benzene ring substituents is 1. The maximum Gasteiger partial charge on any atom is 0.270 e. The van der Waals surface area contributed by atoms with Gasteiger partial charge in [0.2, 0.25) is 0 Å². The van der Waals surface area contributed by atoms with Crippen LogP contribution in [0.3, 0.4) is 0 Å². The summed E-state index contributed by atoms with van der Waals surface area (Å²) in [6.45, 7) is 10.2. The van der Waals surface area contributed by atoms with Crippen molar-refractivity contribution >= 4 is 90.0 Å². The molecule has 0 atom stereocenters. The van der Waals surface area contributed by atoms with Crippen molar-refractivity contribution in [1.82, 2.24) is 14.5 Å². The fourth-order valence-electron chi connectivity index (χ4n) is 7.15. The van der Waals surface area contributed by atoms with Crippen LogP contribution in [0.1, 0.15) is 46.5 Å². The lowest BCUT2D eigenvalue weighted by atomic mass is 9.93. The summed E-state index contributed by atoms with van der Waals surface area (Å²) in [5, 5.41) is 18.6. The molecule has 9 rings (SSSR count).